The van der Waals surface area contributed by atoms with E-state index < -0.39 is 5.97 Å². The van der Waals surface area contributed by atoms with Gasteiger partial charge in [-0.1, -0.05) is 41.9 Å². The van der Waals surface area contributed by atoms with E-state index in [1.165, 1.54) is 7.11 Å². The normalized spacial score (nSPS) is 13.9. The van der Waals surface area contributed by atoms with Crippen molar-refractivity contribution in [1.82, 2.24) is 5.43 Å². The van der Waals surface area contributed by atoms with Gasteiger partial charge in [0.2, 0.25) is 0 Å². The summed E-state index contributed by atoms with van der Waals surface area (Å²) in [5.74, 6) is 0.00939. The Morgan fingerprint density at radius 1 is 1.23 bits per heavy atom. The van der Waals surface area contributed by atoms with E-state index in [-0.39, 0.29) is 12.3 Å². The highest BCUT2D eigenvalue weighted by Gasteiger charge is 2.16. The van der Waals surface area contributed by atoms with Gasteiger partial charge in [0.1, 0.15) is 11.5 Å². The van der Waals surface area contributed by atoms with Gasteiger partial charge in [0.25, 0.3) is 0 Å². The van der Waals surface area contributed by atoms with Crippen LogP contribution in [0.5, 0.6) is 0 Å². The topological polar surface area (TPSA) is 75.4 Å². The highest BCUT2D eigenvalue weighted by Crippen LogP contribution is 2.28. The molecule has 7 heteroatoms. The zero-order chi connectivity index (χ0) is 18.5. The number of esters is 1. The van der Waals surface area contributed by atoms with Crippen LogP contribution in [-0.2, 0) is 9.53 Å². The van der Waals surface area contributed by atoms with Gasteiger partial charge in [-0.25, -0.2) is 9.79 Å². The van der Waals surface area contributed by atoms with Crippen molar-refractivity contribution in [1.29, 1.82) is 0 Å². The van der Waals surface area contributed by atoms with Crippen molar-refractivity contribution in [2.75, 3.05) is 13.7 Å². The molecule has 1 aliphatic rings. The fourth-order valence-corrected chi connectivity index (χ4v) is 2.63. The zero-order valence-electron chi connectivity index (χ0n) is 14.4. The number of carbonyl (C=O) groups excluding carboxylic acids is 1. The van der Waals surface area contributed by atoms with Crippen LogP contribution in [0.15, 0.2) is 63.6 Å². The molecule has 0 amide bonds. The highest BCUT2D eigenvalue weighted by molar-refractivity contribution is 6.35. The van der Waals surface area contributed by atoms with Gasteiger partial charge in [-0.05, 0) is 25.1 Å². The van der Waals surface area contributed by atoms with Crippen molar-refractivity contribution in [3.8, 4) is 0 Å². The van der Waals surface area contributed by atoms with E-state index in [0.717, 1.165) is 22.5 Å². The molecule has 26 heavy (non-hydrogen) atoms. The maximum absolute atomic E-state index is 11.5. The van der Waals surface area contributed by atoms with Crippen LogP contribution in [-0.4, -0.2) is 36.9 Å². The summed E-state index contributed by atoms with van der Waals surface area (Å²) in [5, 5.41) is 4.62. The van der Waals surface area contributed by atoms with Crippen LogP contribution in [0, 0.1) is 0 Å². The number of nitrogens with one attached hydrogen (secondary N) is 1. The second kappa shape index (κ2) is 7.93. The molecule has 6 nitrogen and oxygen atoms in total. The standard InChI is InChI=1S/C19H17ClN4O2/c1-12(19(25)26-2)23-24-17-11-21-18(13-6-4-3-5-7-13)15-10-14(20)8-9-16(15)22-17/h3-10H,11H2,1-2H3,(H,22,24). The van der Waals surface area contributed by atoms with Crippen LogP contribution < -0.4 is 5.43 Å². The SMILES string of the molecule is COC(=O)C(C)=NNC1=Nc2ccc(Cl)cc2C(c2ccccc2)=NC1. The molecule has 0 atom stereocenters. The van der Waals surface area contributed by atoms with Crippen molar-refractivity contribution in [3.05, 3.63) is 64.7 Å². The van der Waals surface area contributed by atoms with Crippen LogP contribution in [0.2, 0.25) is 5.02 Å². The van der Waals surface area contributed by atoms with Gasteiger partial charge >= 0.3 is 5.97 Å². The van der Waals surface area contributed by atoms with Crippen LogP contribution in [0.25, 0.3) is 0 Å². The van der Waals surface area contributed by atoms with Crippen LogP contribution >= 0.6 is 11.6 Å². The summed E-state index contributed by atoms with van der Waals surface area (Å²) in [6.07, 6.45) is 0. The Kier molecular flexibility index (Phi) is 5.43. The number of aliphatic imine (C=N–C) groups is 2. The van der Waals surface area contributed by atoms with Gasteiger partial charge < -0.3 is 4.74 Å². The lowest BCUT2D eigenvalue weighted by Gasteiger charge is -2.08. The zero-order valence-corrected chi connectivity index (χ0v) is 15.1. The Morgan fingerprint density at radius 3 is 2.73 bits per heavy atom. The van der Waals surface area contributed by atoms with Crippen molar-refractivity contribution >= 4 is 40.5 Å². The third-order valence-electron chi connectivity index (χ3n) is 3.74. The number of carbonyl (C=O) groups is 1. The van der Waals surface area contributed by atoms with E-state index in [1.807, 2.05) is 42.5 Å². The average molecular weight is 369 g/mol. The van der Waals surface area contributed by atoms with Gasteiger partial charge in [-0.3, -0.25) is 10.4 Å². The molecule has 0 saturated carbocycles. The second-order valence-electron chi connectivity index (χ2n) is 5.55. The smallest absolute Gasteiger partial charge is 0.353 e. The molecule has 1 N–H and O–H groups in total. The molecule has 0 saturated heterocycles. The maximum atomic E-state index is 11.5. The number of hydrogen-bond acceptors (Lipinski definition) is 6. The Morgan fingerprint density at radius 2 is 2.00 bits per heavy atom. The molecule has 0 aromatic heterocycles. The lowest BCUT2D eigenvalue weighted by atomic mass is 10.0. The van der Waals surface area contributed by atoms with E-state index in [9.17, 15) is 4.79 Å². The molecule has 0 bridgehead atoms. The van der Waals surface area contributed by atoms with Crippen molar-refractivity contribution in [2.45, 2.75) is 6.92 Å². The minimum atomic E-state index is -0.507. The van der Waals surface area contributed by atoms with Crippen molar-refractivity contribution in [3.63, 3.8) is 0 Å². The van der Waals surface area contributed by atoms with Crippen molar-refractivity contribution < 1.29 is 9.53 Å². The number of nitrogens with zero attached hydrogens (tertiary/aromatic N) is 3. The molecular weight excluding hydrogens is 352 g/mol. The average Bonchev–Trinajstić information content (AvgIpc) is 2.85. The molecule has 132 valence electrons. The van der Waals surface area contributed by atoms with E-state index in [4.69, 9.17) is 11.6 Å². The Hall–Kier alpha value is -2.99. The Balaban J connectivity index is 1.99. The van der Waals surface area contributed by atoms with Gasteiger partial charge in [-0.2, -0.15) is 5.10 Å². The molecule has 1 aliphatic heterocycles. The number of hydrazone groups is 1. The van der Waals surface area contributed by atoms with E-state index >= 15 is 0 Å². The summed E-state index contributed by atoms with van der Waals surface area (Å²) in [7, 11) is 1.31. The number of amidine groups is 1. The predicted octanol–water partition coefficient (Wildman–Crippen LogP) is 3.36. The Bertz CT molecular complexity index is 920. The van der Waals surface area contributed by atoms with Gasteiger partial charge in [0.05, 0.1) is 25.1 Å². The quantitative estimate of drug-likeness (QED) is 0.512. The number of rotatable bonds is 3. The molecule has 0 spiro atoms. The monoisotopic (exact) mass is 368 g/mol. The largest absolute Gasteiger partial charge is 0.464 e. The number of benzene rings is 2. The molecule has 0 aliphatic carbocycles. The first kappa shape index (κ1) is 17.8. The third kappa shape index (κ3) is 3.97. The minimum Gasteiger partial charge on any atom is -0.464 e. The van der Waals surface area contributed by atoms with Crippen LogP contribution in [0.4, 0.5) is 5.69 Å². The molecule has 0 fully saturated rings. The van der Waals surface area contributed by atoms with Gasteiger partial charge in [0.15, 0.2) is 0 Å². The molecule has 0 unspecified atom stereocenters. The molecule has 0 radical (unpaired) electrons. The maximum Gasteiger partial charge on any atom is 0.353 e. The Labute approximate surface area is 156 Å². The van der Waals surface area contributed by atoms with Gasteiger partial charge in [0, 0.05) is 16.1 Å². The summed E-state index contributed by atoms with van der Waals surface area (Å²) in [6, 6.07) is 15.3. The highest BCUT2D eigenvalue weighted by atomic mass is 35.5. The summed E-state index contributed by atoms with van der Waals surface area (Å²) in [5.41, 5.74) is 6.34. The molecule has 2 aromatic rings. The first-order valence-corrected chi connectivity index (χ1v) is 8.32. The third-order valence-corrected chi connectivity index (χ3v) is 3.97. The number of hydrogen-bond donors (Lipinski definition) is 1. The number of fused-ring (bicyclic) bond motifs is 1. The number of halogens is 1. The lowest BCUT2D eigenvalue weighted by Crippen LogP contribution is -2.24. The number of ether oxygens (including phenoxy) is 1. The molecule has 1 heterocycles. The van der Waals surface area contributed by atoms with Gasteiger partial charge in [-0.15, -0.1) is 0 Å². The van der Waals surface area contributed by atoms with Crippen LogP contribution in [0.1, 0.15) is 18.1 Å². The second-order valence-corrected chi connectivity index (χ2v) is 5.99. The molecular formula is C19H17ClN4O2. The van der Waals surface area contributed by atoms with E-state index in [0.29, 0.717) is 10.9 Å². The van der Waals surface area contributed by atoms with E-state index in [1.54, 1.807) is 13.0 Å². The summed E-state index contributed by atoms with van der Waals surface area (Å²) < 4.78 is 4.63. The lowest BCUT2D eigenvalue weighted by molar-refractivity contribution is -0.132. The number of methoxy groups -OCH3 is 1. The first-order valence-electron chi connectivity index (χ1n) is 7.94. The summed E-state index contributed by atoms with van der Waals surface area (Å²) in [6.45, 7) is 1.84. The van der Waals surface area contributed by atoms with Crippen LogP contribution in [0.3, 0.4) is 0 Å². The minimum absolute atomic E-state index is 0.197. The fourth-order valence-electron chi connectivity index (χ4n) is 2.46. The van der Waals surface area contributed by atoms with Crippen molar-refractivity contribution in [2.24, 2.45) is 15.1 Å². The summed E-state index contributed by atoms with van der Waals surface area (Å²) in [4.78, 5) is 20.7. The fraction of sp³-hybridized carbons (Fsp3) is 0.158. The molecule has 2 aromatic carbocycles. The molecule has 3 rings (SSSR count). The predicted molar refractivity (Wildman–Crippen MR) is 104 cm³/mol. The van der Waals surface area contributed by atoms with E-state index in [2.05, 4.69) is 25.2 Å². The first-order chi connectivity index (χ1) is 12.6. The summed E-state index contributed by atoms with van der Waals surface area (Å²) >= 11 is 6.18.